The van der Waals surface area contributed by atoms with E-state index in [1.165, 1.54) is 0 Å². The van der Waals surface area contributed by atoms with E-state index < -0.39 is 10.8 Å². The van der Waals surface area contributed by atoms with Crippen LogP contribution in [0.5, 0.6) is 0 Å². The lowest BCUT2D eigenvalue weighted by Gasteiger charge is -2.22. The SMILES string of the molecule is C[C@@H]1[C@@H](C)[C@@H]2S[C@H]1S2=O. The highest BCUT2D eigenvalue weighted by molar-refractivity contribution is 8.27. The van der Waals surface area contributed by atoms with Gasteiger partial charge < -0.3 is 0 Å². The van der Waals surface area contributed by atoms with Crippen LogP contribution in [-0.4, -0.2) is 13.4 Å². The first-order valence-electron chi connectivity index (χ1n) is 3.26. The van der Waals surface area contributed by atoms with Crippen molar-refractivity contribution in [1.29, 1.82) is 0 Å². The lowest BCUT2D eigenvalue weighted by atomic mass is 10.0. The van der Waals surface area contributed by atoms with Crippen LogP contribution in [0.15, 0.2) is 0 Å². The number of fused-ring (bicyclic) bond motifs is 1. The molecule has 3 heterocycles. The van der Waals surface area contributed by atoms with Gasteiger partial charge in [0.15, 0.2) is 0 Å². The molecule has 0 aliphatic carbocycles. The Kier molecular flexibility index (Phi) is 1.21. The maximum absolute atomic E-state index is 11.1. The molecular formula is C6H10OS2. The number of rotatable bonds is 0. The van der Waals surface area contributed by atoms with Crippen LogP contribution in [0.4, 0.5) is 0 Å². The molecule has 2 bridgehead atoms. The Bertz CT molecular complexity index is 152. The third-order valence-corrected chi connectivity index (χ3v) is 7.39. The molecule has 0 aromatic heterocycles. The van der Waals surface area contributed by atoms with Crippen LogP contribution in [0.25, 0.3) is 0 Å². The van der Waals surface area contributed by atoms with Gasteiger partial charge in [0.25, 0.3) is 0 Å². The lowest BCUT2D eigenvalue weighted by molar-refractivity contribution is 0.491. The largest absolute Gasteiger partial charge is 0.257 e. The van der Waals surface area contributed by atoms with E-state index in [2.05, 4.69) is 13.8 Å². The van der Waals surface area contributed by atoms with E-state index in [0.29, 0.717) is 21.0 Å². The summed E-state index contributed by atoms with van der Waals surface area (Å²) in [5.41, 5.74) is 0. The Labute approximate surface area is 62.0 Å². The first kappa shape index (κ1) is 6.23. The quantitative estimate of drug-likeness (QED) is 0.536. The van der Waals surface area contributed by atoms with Crippen molar-refractivity contribution in [3.8, 4) is 0 Å². The van der Waals surface area contributed by atoms with Crippen molar-refractivity contribution >= 4 is 22.6 Å². The molecule has 3 aliphatic heterocycles. The molecule has 0 saturated carbocycles. The van der Waals surface area contributed by atoms with Gasteiger partial charge in [0.2, 0.25) is 0 Å². The average molecular weight is 162 g/mol. The number of hydrogen-bond acceptors (Lipinski definition) is 2. The molecule has 3 rings (SSSR count). The molecule has 0 aromatic carbocycles. The molecule has 3 heteroatoms. The maximum Gasteiger partial charge on any atom is 0.0853 e. The van der Waals surface area contributed by atoms with Crippen molar-refractivity contribution in [2.75, 3.05) is 0 Å². The summed E-state index contributed by atoms with van der Waals surface area (Å²) in [4.78, 5) is 0. The minimum Gasteiger partial charge on any atom is -0.257 e. The fourth-order valence-corrected chi connectivity index (χ4v) is 5.84. The van der Waals surface area contributed by atoms with Crippen molar-refractivity contribution in [2.24, 2.45) is 11.8 Å². The van der Waals surface area contributed by atoms with Crippen LogP contribution in [0.2, 0.25) is 0 Å². The zero-order chi connectivity index (χ0) is 6.59. The van der Waals surface area contributed by atoms with E-state index in [1.54, 1.807) is 0 Å². The molecule has 0 aromatic rings. The first-order chi connectivity index (χ1) is 4.22. The Balaban J connectivity index is 2.27. The smallest absolute Gasteiger partial charge is 0.0853 e. The van der Waals surface area contributed by atoms with E-state index in [0.717, 1.165) is 0 Å². The van der Waals surface area contributed by atoms with Gasteiger partial charge in [-0.3, -0.25) is 4.21 Å². The Morgan fingerprint density at radius 2 is 1.67 bits per heavy atom. The number of hydrogen-bond donors (Lipinski definition) is 0. The summed E-state index contributed by atoms with van der Waals surface area (Å²) in [5.74, 6) is 1.39. The summed E-state index contributed by atoms with van der Waals surface area (Å²) in [6, 6.07) is 0. The predicted octanol–water partition coefficient (Wildman–Crippen LogP) is 1.42. The minimum absolute atomic E-state index is 0.468. The Hall–Kier alpha value is 0.500. The Morgan fingerprint density at radius 1 is 1.22 bits per heavy atom. The highest BCUT2D eigenvalue weighted by atomic mass is 32.3. The highest BCUT2D eigenvalue weighted by Crippen LogP contribution is 2.56. The van der Waals surface area contributed by atoms with Crippen LogP contribution in [0, 0.1) is 11.8 Å². The van der Waals surface area contributed by atoms with Crippen LogP contribution < -0.4 is 0 Å². The molecule has 3 fully saturated rings. The van der Waals surface area contributed by atoms with Gasteiger partial charge in [0, 0.05) is 10.8 Å². The van der Waals surface area contributed by atoms with Gasteiger partial charge >= 0.3 is 0 Å². The van der Waals surface area contributed by atoms with Crippen molar-refractivity contribution in [3.63, 3.8) is 0 Å². The monoisotopic (exact) mass is 162 g/mol. The van der Waals surface area contributed by atoms with Crippen molar-refractivity contribution in [1.82, 2.24) is 0 Å². The summed E-state index contributed by atoms with van der Waals surface area (Å²) in [6.07, 6.45) is 0. The standard InChI is InChI=1S/C6H10OS2/c1-3-4(2)6-8-5(3)9(6)7/h3-6H,1-2H3/t3-,4-,5-,6+,9?/m1/s1. The molecule has 1 nitrogen and oxygen atoms in total. The van der Waals surface area contributed by atoms with Gasteiger partial charge in [-0.25, -0.2) is 0 Å². The molecule has 1 unspecified atom stereocenters. The van der Waals surface area contributed by atoms with E-state index >= 15 is 0 Å². The molecule has 0 amide bonds. The molecule has 3 saturated heterocycles. The molecule has 0 spiro atoms. The van der Waals surface area contributed by atoms with Gasteiger partial charge in [-0.1, -0.05) is 13.8 Å². The van der Waals surface area contributed by atoms with Gasteiger partial charge in [-0.15, -0.1) is 11.8 Å². The molecule has 0 N–H and O–H groups in total. The zero-order valence-corrected chi connectivity index (χ0v) is 7.17. The van der Waals surface area contributed by atoms with Crippen LogP contribution in [0.3, 0.4) is 0 Å². The third kappa shape index (κ3) is 0.598. The van der Waals surface area contributed by atoms with Crippen LogP contribution in [-0.2, 0) is 10.8 Å². The summed E-state index contributed by atoms with van der Waals surface area (Å²) >= 11 is 1.92. The topological polar surface area (TPSA) is 17.1 Å². The van der Waals surface area contributed by atoms with Gasteiger partial charge in [0.1, 0.15) is 0 Å². The molecule has 5 atom stereocenters. The van der Waals surface area contributed by atoms with Crippen LogP contribution in [0.1, 0.15) is 13.8 Å². The second-order valence-electron chi connectivity index (χ2n) is 2.92. The van der Waals surface area contributed by atoms with Crippen LogP contribution >= 0.6 is 11.8 Å². The van der Waals surface area contributed by atoms with Gasteiger partial charge in [-0.2, -0.15) is 0 Å². The highest BCUT2D eigenvalue weighted by Gasteiger charge is 2.55. The molecule has 9 heavy (non-hydrogen) atoms. The molecular weight excluding hydrogens is 152 g/mol. The normalized spacial score (nSPS) is 63.6. The Morgan fingerprint density at radius 3 is 1.78 bits per heavy atom. The van der Waals surface area contributed by atoms with Gasteiger partial charge in [0.05, 0.1) is 9.16 Å². The van der Waals surface area contributed by atoms with Crippen molar-refractivity contribution in [2.45, 2.75) is 23.0 Å². The third-order valence-electron chi connectivity index (χ3n) is 2.41. The second kappa shape index (κ2) is 1.76. The minimum atomic E-state index is -0.468. The average Bonchev–Trinajstić information content (AvgIpc) is 2.18. The molecule has 52 valence electrons. The van der Waals surface area contributed by atoms with E-state index in [-0.39, 0.29) is 0 Å². The fraction of sp³-hybridized carbons (Fsp3) is 1.00. The first-order valence-corrected chi connectivity index (χ1v) is 5.48. The lowest BCUT2D eigenvalue weighted by Crippen LogP contribution is -2.25. The van der Waals surface area contributed by atoms with E-state index in [9.17, 15) is 4.21 Å². The fourth-order valence-electron chi connectivity index (χ4n) is 1.49. The molecule has 0 radical (unpaired) electrons. The zero-order valence-electron chi connectivity index (χ0n) is 5.53. The number of thioether (sulfide) groups is 1. The second-order valence-corrected chi connectivity index (χ2v) is 6.48. The van der Waals surface area contributed by atoms with E-state index in [4.69, 9.17) is 0 Å². The van der Waals surface area contributed by atoms with Crippen molar-refractivity contribution in [3.05, 3.63) is 0 Å². The van der Waals surface area contributed by atoms with Gasteiger partial charge in [-0.05, 0) is 11.8 Å². The summed E-state index contributed by atoms with van der Waals surface area (Å²) in [7, 11) is -0.468. The summed E-state index contributed by atoms with van der Waals surface area (Å²) < 4.78 is 12.1. The summed E-state index contributed by atoms with van der Waals surface area (Å²) in [6.45, 7) is 4.43. The maximum atomic E-state index is 11.1. The predicted molar refractivity (Wildman–Crippen MR) is 41.6 cm³/mol. The van der Waals surface area contributed by atoms with E-state index in [1.807, 2.05) is 11.8 Å². The summed E-state index contributed by atoms with van der Waals surface area (Å²) in [5, 5.41) is 0. The molecule has 3 aliphatic rings. The van der Waals surface area contributed by atoms with Crippen molar-refractivity contribution < 1.29 is 4.21 Å².